The fourth-order valence-electron chi connectivity index (χ4n) is 2.90. The molecule has 0 heterocycles. The predicted octanol–water partition coefficient (Wildman–Crippen LogP) is 3.50. The number of aliphatic imine (C=N–C) groups is 1. The molecule has 7 nitrogen and oxygen atoms in total. The number of nitrogens with one attached hydrogen (secondary N) is 3. The summed E-state index contributed by atoms with van der Waals surface area (Å²) < 4.78 is 10.7. The molecule has 0 atom stereocenters. The lowest BCUT2D eigenvalue weighted by molar-refractivity contribution is -0.114. The molecule has 2 aromatic carbocycles. The van der Waals surface area contributed by atoms with Crippen LogP contribution < -0.4 is 25.4 Å². The van der Waals surface area contributed by atoms with E-state index >= 15 is 0 Å². The number of carbonyl (C=O) groups excluding carboxylic acids is 1. The lowest BCUT2D eigenvalue weighted by Gasteiger charge is -2.14. The summed E-state index contributed by atoms with van der Waals surface area (Å²) in [4.78, 5) is 15.6. The van der Waals surface area contributed by atoms with Crippen LogP contribution in [0.5, 0.6) is 11.5 Å². The van der Waals surface area contributed by atoms with Gasteiger partial charge in [-0.15, -0.1) is 24.0 Å². The molecule has 30 heavy (non-hydrogen) atoms. The van der Waals surface area contributed by atoms with Crippen LogP contribution in [0.15, 0.2) is 41.4 Å². The minimum absolute atomic E-state index is 0. The summed E-state index contributed by atoms with van der Waals surface area (Å²) in [6, 6.07) is 11.9. The van der Waals surface area contributed by atoms with Crippen LogP contribution in [0.25, 0.3) is 0 Å². The van der Waals surface area contributed by atoms with E-state index in [4.69, 9.17) is 9.47 Å². The lowest BCUT2D eigenvalue weighted by Crippen LogP contribution is -2.37. The molecule has 0 aromatic heterocycles. The third-order valence-electron chi connectivity index (χ3n) is 4.44. The second-order valence-corrected chi connectivity index (χ2v) is 6.62. The van der Waals surface area contributed by atoms with Crippen molar-refractivity contribution >= 4 is 41.5 Å². The average Bonchev–Trinajstić information content (AvgIpc) is 2.71. The first-order chi connectivity index (χ1) is 14.0. The first-order valence-corrected chi connectivity index (χ1v) is 9.49. The molecule has 0 saturated heterocycles. The number of guanidine groups is 1. The third-order valence-corrected chi connectivity index (χ3v) is 4.44. The van der Waals surface area contributed by atoms with Crippen molar-refractivity contribution in [1.29, 1.82) is 0 Å². The SMILES string of the molecule is CN=C(NCCc1ccc(C)c(OC)c1)NCc1ccc(OC)c(NC(C)=O)c1.I. The third kappa shape index (κ3) is 7.74. The van der Waals surface area contributed by atoms with Crippen molar-refractivity contribution in [2.24, 2.45) is 4.99 Å². The van der Waals surface area contributed by atoms with Crippen molar-refractivity contribution in [2.75, 3.05) is 33.1 Å². The summed E-state index contributed by atoms with van der Waals surface area (Å²) in [7, 11) is 5.00. The van der Waals surface area contributed by atoms with E-state index in [9.17, 15) is 4.79 Å². The Morgan fingerprint density at radius 2 is 1.70 bits per heavy atom. The van der Waals surface area contributed by atoms with E-state index in [-0.39, 0.29) is 29.9 Å². The summed E-state index contributed by atoms with van der Waals surface area (Å²) in [5.74, 6) is 2.10. The van der Waals surface area contributed by atoms with Gasteiger partial charge in [0.1, 0.15) is 11.5 Å². The molecule has 0 fully saturated rings. The normalized spacial score (nSPS) is 10.6. The highest BCUT2D eigenvalue weighted by Gasteiger charge is 2.07. The average molecular weight is 526 g/mol. The summed E-state index contributed by atoms with van der Waals surface area (Å²) in [5.41, 5.74) is 3.97. The number of hydrogen-bond donors (Lipinski definition) is 3. The molecule has 0 aliphatic rings. The maximum atomic E-state index is 11.4. The Labute approximate surface area is 195 Å². The number of benzene rings is 2. The second kappa shape index (κ2) is 12.9. The fourth-order valence-corrected chi connectivity index (χ4v) is 2.90. The number of halogens is 1. The molecule has 2 rings (SSSR count). The number of aryl methyl sites for hydroxylation is 1. The quantitative estimate of drug-likeness (QED) is 0.279. The maximum Gasteiger partial charge on any atom is 0.221 e. The standard InChI is InChI=1S/C22H30N4O3.HI/c1-15-6-7-17(13-21(15)29-5)10-11-24-22(23-3)25-14-18-8-9-20(28-4)19(12-18)26-16(2)27;/h6-9,12-13H,10-11,14H2,1-5H3,(H,26,27)(H2,23,24,25);1H. The Kier molecular flexibility index (Phi) is 11.0. The van der Waals surface area contributed by atoms with E-state index in [1.54, 1.807) is 21.3 Å². The predicted molar refractivity (Wildman–Crippen MR) is 132 cm³/mol. The zero-order chi connectivity index (χ0) is 21.2. The highest BCUT2D eigenvalue weighted by Crippen LogP contribution is 2.25. The van der Waals surface area contributed by atoms with Gasteiger partial charge in [-0.2, -0.15) is 0 Å². The molecular weight excluding hydrogens is 495 g/mol. The maximum absolute atomic E-state index is 11.4. The molecule has 0 bridgehead atoms. The molecule has 0 saturated carbocycles. The number of ether oxygens (including phenoxy) is 2. The van der Waals surface area contributed by atoms with Crippen molar-refractivity contribution < 1.29 is 14.3 Å². The van der Waals surface area contributed by atoms with Gasteiger partial charge < -0.3 is 25.4 Å². The first-order valence-electron chi connectivity index (χ1n) is 9.49. The Balaban J connectivity index is 0.00000450. The molecule has 8 heteroatoms. The van der Waals surface area contributed by atoms with Crippen LogP contribution in [0.4, 0.5) is 5.69 Å². The van der Waals surface area contributed by atoms with Crippen LogP contribution in [0, 0.1) is 6.92 Å². The van der Waals surface area contributed by atoms with Crippen molar-refractivity contribution in [3.8, 4) is 11.5 Å². The molecule has 0 aliphatic heterocycles. The van der Waals surface area contributed by atoms with Gasteiger partial charge in [0.2, 0.25) is 5.91 Å². The van der Waals surface area contributed by atoms with E-state index in [0.29, 0.717) is 23.9 Å². The number of hydrogen-bond acceptors (Lipinski definition) is 4. The minimum atomic E-state index is -0.140. The number of nitrogens with zero attached hydrogens (tertiary/aromatic N) is 1. The molecule has 1 amide bonds. The number of rotatable bonds is 8. The van der Waals surface area contributed by atoms with Crippen LogP contribution in [0.3, 0.4) is 0 Å². The van der Waals surface area contributed by atoms with Crippen LogP contribution in [-0.4, -0.2) is 39.7 Å². The van der Waals surface area contributed by atoms with Gasteiger partial charge in [-0.1, -0.05) is 18.2 Å². The topological polar surface area (TPSA) is 84.0 Å². The largest absolute Gasteiger partial charge is 0.496 e. The van der Waals surface area contributed by atoms with Gasteiger partial charge in [0.15, 0.2) is 5.96 Å². The van der Waals surface area contributed by atoms with Gasteiger partial charge in [-0.05, 0) is 48.2 Å². The highest BCUT2D eigenvalue weighted by atomic mass is 127. The first kappa shape index (κ1) is 25.5. The van der Waals surface area contributed by atoms with Gasteiger partial charge in [0.05, 0.1) is 19.9 Å². The van der Waals surface area contributed by atoms with Gasteiger partial charge in [0, 0.05) is 27.1 Å². The van der Waals surface area contributed by atoms with Crippen molar-refractivity contribution in [1.82, 2.24) is 10.6 Å². The van der Waals surface area contributed by atoms with Gasteiger partial charge in [-0.25, -0.2) is 0 Å². The summed E-state index contributed by atoms with van der Waals surface area (Å²) in [6.45, 7) is 4.81. The molecule has 0 radical (unpaired) electrons. The van der Waals surface area contributed by atoms with Crippen LogP contribution in [-0.2, 0) is 17.8 Å². The van der Waals surface area contributed by atoms with Crippen molar-refractivity contribution in [2.45, 2.75) is 26.8 Å². The van der Waals surface area contributed by atoms with Gasteiger partial charge >= 0.3 is 0 Å². The Morgan fingerprint density at radius 1 is 1.00 bits per heavy atom. The highest BCUT2D eigenvalue weighted by molar-refractivity contribution is 14.0. The zero-order valence-electron chi connectivity index (χ0n) is 18.2. The van der Waals surface area contributed by atoms with E-state index < -0.39 is 0 Å². The molecule has 0 aliphatic carbocycles. The zero-order valence-corrected chi connectivity index (χ0v) is 20.5. The minimum Gasteiger partial charge on any atom is -0.496 e. The number of amides is 1. The van der Waals surface area contributed by atoms with E-state index in [2.05, 4.69) is 39.1 Å². The molecule has 2 aromatic rings. The summed E-state index contributed by atoms with van der Waals surface area (Å²) in [5, 5.41) is 9.38. The van der Waals surface area contributed by atoms with Crippen LogP contribution >= 0.6 is 24.0 Å². The summed E-state index contributed by atoms with van der Waals surface area (Å²) in [6.07, 6.45) is 0.854. The fraction of sp³-hybridized carbons (Fsp3) is 0.364. The number of carbonyl (C=O) groups is 1. The van der Waals surface area contributed by atoms with Gasteiger partial charge in [0.25, 0.3) is 0 Å². The number of methoxy groups -OCH3 is 2. The lowest BCUT2D eigenvalue weighted by atomic mass is 10.1. The van der Waals surface area contributed by atoms with Crippen molar-refractivity contribution in [3.63, 3.8) is 0 Å². The smallest absolute Gasteiger partial charge is 0.221 e. The Morgan fingerprint density at radius 3 is 2.33 bits per heavy atom. The van der Waals surface area contributed by atoms with E-state index in [1.165, 1.54) is 12.5 Å². The Hall–Kier alpha value is -2.49. The van der Waals surface area contributed by atoms with Crippen molar-refractivity contribution in [3.05, 3.63) is 53.1 Å². The van der Waals surface area contributed by atoms with E-state index in [1.807, 2.05) is 25.1 Å². The molecule has 164 valence electrons. The van der Waals surface area contributed by atoms with Crippen LogP contribution in [0.1, 0.15) is 23.6 Å². The molecule has 0 spiro atoms. The van der Waals surface area contributed by atoms with Crippen LogP contribution in [0.2, 0.25) is 0 Å². The molecule has 3 N–H and O–H groups in total. The molecular formula is C22H31IN4O3. The second-order valence-electron chi connectivity index (χ2n) is 6.62. The Bertz CT molecular complexity index is 871. The van der Waals surface area contributed by atoms with Gasteiger partial charge in [-0.3, -0.25) is 9.79 Å². The monoisotopic (exact) mass is 526 g/mol. The number of anilines is 1. The summed E-state index contributed by atoms with van der Waals surface area (Å²) >= 11 is 0. The molecule has 0 unspecified atom stereocenters. The van der Waals surface area contributed by atoms with E-state index in [0.717, 1.165) is 29.8 Å².